The number of pyridine rings is 1. The zero-order valence-corrected chi connectivity index (χ0v) is 10.6. The van der Waals surface area contributed by atoms with Gasteiger partial charge < -0.3 is 5.32 Å². The molecule has 4 nitrogen and oxygen atoms in total. The van der Waals surface area contributed by atoms with Gasteiger partial charge in [0.25, 0.3) is 0 Å². The average Bonchev–Trinajstić information content (AvgIpc) is 3.00. The molecule has 5 heteroatoms. The van der Waals surface area contributed by atoms with Crippen molar-refractivity contribution in [2.75, 3.05) is 13.6 Å². The van der Waals surface area contributed by atoms with Crippen LogP contribution in [0.25, 0.3) is 0 Å². The molecule has 1 aromatic heterocycles. The number of rotatable bonds is 5. The van der Waals surface area contributed by atoms with Gasteiger partial charge in [0.2, 0.25) is 5.91 Å². The third-order valence-corrected chi connectivity index (χ3v) is 2.81. The highest BCUT2D eigenvalue weighted by atomic mass is 35.5. The number of aromatic nitrogens is 1. The summed E-state index contributed by atoms with van der Waals surface area (Å²) in [5, 5.41) is 3.45. The summed E-state index contributed by atoms with van der Waals surface area (Å²) in [5.74, 6) is 0.0927. The van der Waals surface area contributed by atoms with Crippen LogP contribution in [0.15, 0.2) is 18.3 Å². The molecule has 1 saturated carbocycles. The van der Waals surface area contributed by atoms with Crippen LogP contribution in [0.1, 0.15) is 18.4 Å². The third kappa shape index (κ3) is 4.32. The number of carbonyl (C=O) groups excluding carboxylic acids is 1. The molecule has 1 N–H and O–H groups in total. The molecule has 1 heterocycles. The summed E-state index contributed by atoms with van der Waals surface area (Å²) in [7, 11) is 1.92. The summed E-state index contributed by atoms with van der Waals surface area (Å²) in [4.78, 5) is 17.5. The van der Waals surface area contributed by atoms with Crippen molar-refractivity contribution in [3.8, 4) is 0 Å². The van der Waals surface area contributed by atoms with Gasteiger partial charge in [0.15, 0.2) is 0 Å². The molecule has 0 saturated heterocycles. The van der Waals surface area contributed by atoms with Crippen LogP contribution in [0.5, 0.6) is 0 Å². The Labute approximate surface area is 106 Å². The van der Waals surface area contributed by atoms with E-state index in [2.05, 4.69) is 10.3 Å². The molecule has 1 aromatic rings. The van der Waals surface area contributed by atoms with E-state index in [0.29, 0.717) is 24.3 Å². The van der Waals surface area contributed by atoms with E-state index >= 15 is 0 Å². The fourth-order valence-electron chi connectivity index (χ4n) is 1.65. The average molecular weight is 254 g/mol. The highest BCUT2D eigenvalue weighted by Crippen LogP contribution is 2.18. The van der Waals surface area contributed by atoms with Crippen molar-refractivity contribution in [3.05, 3.63) is 29.0 Å². The summed E-state index contributed by atoms with van der Waals surface area (Å²) in [6.45, 7) is 1.11. The molecule has 0 radical (unpaired) electrons. The molecule has 1 amide bonds. The lowest BCUT2D eigenvalue weighted by atomic mass is 10.2. The standard InChI is InChI=1S/C12H16ClN3O/c1-16(8-12(17)15-10-2-3-10)7-9-4-5-14-11(13)6-9/h4-6,10H,2-3,7-8H2,1H3,(H,15,17). The second kappa shape index (κ2) is 5.47. The number of nitrogens with zero attached hydrogens (tertiary/aromatic N) is 2. The Bertz CT molecular complexity index is 406. The van der Waals surface area contributed by atoms with Gasteiger partial charge in [0.1, 0.15) is 5.15 Å². The van der Waals surface area contributed by atoms with Crippen LogP contribution < -0.4 is 5.32 Å². The maximum atomic E-state index is 11.6. The van der Waals surface area contributed by atoms with Crippen LogP contribution >= 0.6 is 11.6 Å². The molecule has 1 fully saturated rings. The van der Waals surface area contributed by atoms with Gasteiger partial charge in [-0.05, 0) is 37.6 Å². The predicted octanol–water partition coefficient (Wildman–Crippen LogP) is 1.45. The van der Waals surface area contributed by atoms with Gasteiger partial charge in [-0.2, -0.15) is 0 Å². The van der Waals surface area contributed by atoms with Crippen molar-refractivity contribution in [1.82, 2.24) is 15.2 Å². The van der Waals surface area contributed by atoms with E-state index in [1.165, 1.54) is 0 Å². The fourth-order valence-corrected chi connectivity index (χ4v) is 1.85. The quantitative estimate of drug-likeness (QED) is 0.808. The van der Waals surface area contributed by atoms with Gasteiger partial charge in [-0.3, -0.25) is 9.69 Å². The molecule has 1 aliphatic rings. The number of nitrogens with one attached hydrogen (secondary N) is 1. The zero-order valence-electron chi connectivity index (χ0n) is 9.82. The molecule has 0 aliphatic heterocycles. The summed E-state index contributed by atoms with van der Waals surface area (Å²) in [6, 6.07) is 4.14. The van der Waals surface area contributed by atoms with E-state index < -0.39 is 0 Å². The number of likely N-dealkylation sites (N-methyl/N-ethyl adjacent to an activating group) is 1. The van der Waals surface area contributed by atoms with Crippen molar-refractivity contribution >= 4 is 17.5 Å². The first-order valence-electron chi connectivity index (χ1n) is 5.72. The second-order valence-corrected chi connectivity index (χ2v) is 4.89. The molecule has 0 bridgehead atoms. The Morgan fingerprint density at radius 1 is 1.65 bits per heavy atom. The maximum Gasteiger partial charge on any atom is 0.234 e. The molecule has 1 aliphatic carbocycles. The number of hydrogen-bond acceptors (Lipinski definition) is 3. The molecule has 92 valence electrons. The highest BCUT2D eigenvalue weighted by Gasteiger charge is 2.23. The van der Waals surface area contributed by atoms with E-state index in [1.54, 1.807) is 6.20 Å². The first kappa shape index (κ1) is 12.3. The first-order valence-corrected chi connectivity index (χ1v) is 6.09. The van der Waals surface area contributed by atoms with Gasteiger partial charge >= 0.3 is 0 Å². The summed E-state index contributed by atoms with van der Waals surface area (Å²) >= 11 is 5.80. The number of hydrogen-bond donors (Lipinski definition) is 1. The fraction of sp³-hybridized carbons (Fsp3) is 0.500. The van der Waals surface area contributed by atoms with Crippen molar-refractivity contribution < 1.29 is 4.79 Å². The SMILES string of the molecule is CN(CC(=O)NC1CC1)Cc1ccnc(Cl)c1. The molecule has 0 spiro atoms. The van der Waals surface area contributed by atoms with E-state index in [-0.39, 0.29) is 5.91 Å². The molecular weight excluding hydrogens is 238 g/mol. The van der Waals surface area contributed by atoms with Crippen LogP contribution in [0, 0.1) is 0 Å². The normalized spacial score (nSPS) is 15.0. The van der Waals surface area contributed by atoms with Gasteiger partial charge in [-0.15, -0.1) is 0 Å². The number of carbonyl (C=O) groups is 1. The van der Waals surface area contributed by atoms with Crippen molar-refractivity contribution in [2.45, 2.75) is 25.4 Å². The van der Waals surface area contributed by atoms with E-state index in [1.807, 2.05) is 24.1 Å². The Balaban J connectivity index is 1.79. The van der Waals surface area contributed by atoms with Crippen LogP contribution in [-0.4, -0.2) is 35.4 Å². The summed E-state index contributed by atoms with van der Waals surface area (Å²) in [5.41, 5.74) is 1.06. The molecule has 2 rings (SSSR count). The maximum absolute atomic E-state index is 11.6. The molecule has 17 heavy (non-hydrogen) atoms. The third-order valence-electron chi connectivity index (χ3n) is 2.60. The van der Waals surface area contributed by atoms with Crippen LogP contribution in [-0.2, 0) is 11.3 Å². The van der Waals surface area contributed by atoms with Crippen molar-refractivity contribution in [3.63, 3.8) is 0 Å². The number of amides is 1. The van der Waals surface area contributed by atoms with Crippen LogP contribution in [0.4, 0.5) is 0 Å². The van der Waals surface area contributed by atoms with E-state index in [9.17, 15) is 4.79 Å². The first-order chi connectivity index (χ1) is 8.13. The summed E-state index contributed by atoms with van der Waals surface area (Å²) < 4.78 is 0. The van der Waals surface area contributed by atoms with E-state index in [0.717, 1.165) is 18.4 Å². The lowest BCUT2D eigenvalue weighted by Gasteiger charge is -2.16. The van der Waals surface area contributed by atoms with Crippen LogP contribution in [0.2, 0.25) is 5.15 Å². The Kier molecular flexibility index (Phi) is 3.97. The zero-order chi connectivity index (χ0) is 12.3. The predicted molar refractivity (Wildman–Crippen MR) is 66.7 cm³/mol. The van der Waals surface area contributed by atoms with Gasteiger partial charge in [0.05, 0.1) is 6.54 Å². The van der Waals surface area contributed by atoms with Crippen molar-refractivity contribution in [2.24, 2.45) is 0 Å². The molecular formula is C12H16ClN3O. The second-order valence-electron chi connectivity index (χ2n) is 4.50. The smallest absolute Gasteiger partial charge is 0.234 e. The Hall–Kier alpha value is -1.13. The monoisotopic (exact) mass is 253 g/mol. The lowest BCUT2D eigenvalue weighted by molar-refractivity contribution is -0.122. The minimum Gasteiger partial charge on any atom is -0.352 e. The minimum atomic E-state index is 0.0927. The van der Waals surface area contributed by atoms with Gasteiger partial charge in [-0.25, -0.2) is 4.98 Å². The Morgan fingerprint density at radius 3 is 3.06 bits per heavy atom. The molecule has 0 atom stereocenters. The van der Waals surface area contributed by atoms with Crippen molar-refractivity contribution in [1.29, 1.82) is 0 Å². The van der Waals surface area contributed by atoms with Gasteiger partial charge in [0, 0.05) is 18.8 Å². The minimum absolute atomic E-state index is 0.0927. The lowest BCUT2D eigenvalue weighted by Crippen LogP contribution is -2.35. The van der Waals surface area contributed by atoms with Gasteiger partial charge in [-0.1, -0.05) is 11.6 Å². The molecule has 0 unspecified atom stereocenters. The largest absolute Gasteiger partial charge is 0.352 e. The number of halogens is 1. The topological polar surface area (TPSA) is 45.2 Å². The molecule has 0 aromatic carbocycles. The summed E-state index contributed by atoms with van der Waals surface area (Å²) in [6.07, 6.45) is 3.92. The Morgan fingerprint density at radius 2 is 2.41 bits per heavy atom. The highest BCUT2D eigenvalue weighted by molar-refractivity contribution is 6.29. The van der Waals surface area contributed by atoms with E-state index in [4.69, 9.17) is 11.6 Å². The van der Waals surface area contributed by atoms with Crippen LogP contribution in [0.3, 0.4) is 0 Å².